The summed E-state index contributed by atoms with van der Waals surface area (Å²) in [5.41, 5.74) is 0.393. The third-order valence-corrected chi connectivity index (χ3v) is 2.32. The fourth-order valence-corrected chi connectivity index (χ4v) is 1.07. The fraction of sp³-hybridized carbons (Fsp3) is 0.300. The summed E-state index contributed by atoms with van der Waals surface area (Å²) in [6.07, 6.45) is 0. The molecular formula is C10H12ClFN2O. The summed E-state index contributed by atoms with van der Waals surface area (Å²) < 4.78 is 13.0. The molecule has 0 radical (unpaired) electrons. The molecule has 1 atom stereocenters. The minimum absolute atomic E-state index is 0.0367. The van der Waals surface area contributed by atoms with Crippen molar-refractivity contribution in [3.8, 4) is 0 Å². The van der Waals surface area contributed by atoms with Gasteiger partial charge in [0.25, 0.3) is 0 Å². The summed E-state index contributed by atoms with van der Waals surface area (Å²) in [7, 11) is 1.67. The van der Waals surface area contributed by atoms with E-state index in [9.17, 15) is 9.18 Å². The summed E-state index contributed by atoms with van der Waals surface area (Å²) >= 11 is 5.51. The number of likely N-dealkylation sites (N-methyl/N-ethyl adjacent to an activating group) is 1. The van der Waals surface area contributed by atoms with Crippen LogP contribution in [0.1, 0.15) is 6.92 Å². The maximum Gasteiger partial charge on any atom is 0.241 e. The maximum absolute atomic E-state index is 13.0. The van der Waals surface area contributed by atoms with Gasteiger partial charge in [-0.25, -0.2) is 4.39 Å². The van der Waals surface area contributed by atoms with E-state index in [1.165, 1.54) is 12.1 Å². The van der Waals surface area contributed by atoms with Crippen molar-refractivity contribution in [2.24, 2.45) is 0 Å². The highest BCUT2D eigenvalue weighted by atomic mass is 35.5. The molecule has 15 heavy (non-hydrogen) atoms. The zero-order chi connectivity index (χ0) is 11.4. The number of amides is 1. The molecular weight excluding hydrogens is 219 g/mol. The second-order valence-corrected chi connectivity index (χ2v) is 3.54. The van der Waals surface area contributed by atoms with Crippen LogP contribution in [0.5, 0.6) is 0 Å². The molecule has 1 rings (SSSR count). The van der Waals surface area contributed by atoms with Gasteiger partial charge in [-0.05, 0) is 32.2 Å². The molecule has 3 nitrogen and oxygen atoms in total. The molecule has 1 aromatic rings. The lowest BCUT2D eigenvalue weighted by molar-refractivity contribution is -0.117. The predicted molar refractivity (Wildman–Crippen MR) is 58.6 cm³/mol. The number of benzene rings is 1. The van der Waals surface area contributed by atoms with Crippen LogP contribution in [0.25, 0.3) is 0 Å². The number of carbonyl (C=O) groups excluding carboxylic acids is 1. The molecule has 0 aliphatic rings. The van der Waals surface area contributed by atoms with Crippen LogP contribution in [0.2, 0.25) is 5.02 Å². The standard InChI is InChI=1S/C10H12ClFN2O/c1-6(13-2)10(15)14-7-3-4-8(11)9(12)5-7/h3-6,13H,1-2H3,(H,14,15). The van der Waals surface area contributed by atoms with E-state index in [4.69, 9.17) is 11.6 Å². The van der Waals surface area contributed by atoms with Crippen LogP contribution >= 0.6 is 11.6 Å². The Bertz CT molecular complexity index is 370. The van der Waals surface area contributed by atoms with Gasteiger partial charge in [0.2, 0.25) is 5.91 Å². The van der Waals surface area contributed by atoms with Gasteiger partial charge in [-0.2, -0.15) is 0 Å². The Morgan fingerprint density at radius 3 is 2.73 bits per heavy atom. The second kappa shape index (κ2) is 5.09. The molecule has 0 saturated heterocycles. The predicted octanol–water partition coefficient (Wildman–Crippen LogP) is 2.03. The maximum atomic E-state index is 13.0. The average Bonchev–Trinajstić information content (AvgIpc) is 2.22. The molecule has 0 bridgehead atoms. The monoisotopic (exact) mass is 230 g/mol. The molecule has 0 spiro atoms. The molecule has 0 saturated carbocycles. The van der Waals surface area contributed by atoms with Crippen molar-refractivity contribution >= 4 is 23.2 Å². The van der Waals surface area contributed by atoms with Gasteiger partial charge in [0.1, 0.15) is 5.82 Å². The van der Waals surface area contributed by atoms with E-state index < -0.39 is 5.82 Å². The molecule has 0 aliphatic heterocycles. The molecule has 1 amide bonds. The average molecular weight is 231 g/mol. The van der Waals surface area contributed by atoms with Crippen molar-refractivity contribution < 1.29 is 9.18 Å². The first-order valence-electron chi connectivity index (χ1n) is 4.47. The normalized spacial score (nSPS) is 12.3. The molecule has 2 N–H and O–H groups in total. The van der Waals surface area contributed by atoms with Gasteiger partial charge in [0.05, 0.1) is 11.1 Å². The molecule has 0 aromatic heterocycles. The van der Waals surface area contributed by atoms with Gasteiger partial charge in [-0.15, -0.1) is 0 Å². The molecule has 0 heterocycles. The number of nitrogens with one attached hydrogen (secondary N) is 2. The first-order valence-corrected chi connectivity index (χ1v) is 4.85. The quantitative estimate of drug-likeness (QED) is 0.834. The third-order valence-electron chi connectivity index (χ3n) is 2.01. The highest BCUT2D eigenvalue weighted by Crippen LogP contribution is 2.18. The number of anilines is 1. The largest absolute Gasteiger partial charge is 0.325 e. The minimum atomic E-state index is -0.549. The first-order chi connectivity index (χ1) is 7.04. The van der Waals surface area contributed by atoms with E-state index in [1.807, 2.05) is 0 Å². The van der Waals surface area contributed by atoms with E-state index in [2.05, 4.69) is 10.6 Å². The van der Waals surface area contributed by atoms with Gasteiger partial charge in [-0.1, -0.05) is 11.6 Å². The summed E-state index contributed by atoms with van der Waals surface area (Å²) in [6.45, 7) is 1.71. The highest BCUT2D eigenvalue weighted by molar-refractivity contribution is 6.30. The van der Waals surface area contributed by atoms with Crippen LogP contribution in [0.15, 0.2) is 18.2 Å². The lowest BCUT2D eigenvalue weighted by Gasteiger charge is -2.11. The van der Waals surface area contributed by atoms with Crippen molar-refractivity contribution in [3.63, 3.8) is 0 Å². The molecule has 1 aromatic carbocycles. The molecule has 82 valence electrons. The van der Waals surface area contributed by atoms with Gasteiger partial charge >= 0.3 is 0 Å². The van der Waals surface area contributed by atoms with Crippen LogP contribution in [0, 0.1) is 5.82 Å². The van der Waals surface area contributed by atoms with Gasteiger partial charge in [0, 0.05) is 5.69 Å². The Morgan fingerprint density at radius 2 is 2.20 bits per heavy atom. The number of halogens is 2. The van der Waals surface area contributed by atoms with E-state index in [0.29, 0.717) is 5.69 Å². The van der Waals surface area contributed by atoms with Crippen LogP contribution in [0.4, 0.5) is 10.1 Å². The van der Waals surface area contributed by atoms with E-state index in [0.717, 1.165) is 0 Å². The fourth-order valence-electron chi connectivity index (χ4n) is 0.955. The van der Waals surface area contributed by atoms with Gasteiger partial charge in [0.15, 0.2) is 0 Å². The molecule has 1 unspecified atom stereocenters. The van der Waals surface area contributed by atoms with E-state index in [-0.39, 0.29) is 17.0 Å². The number of hydrogen-bond donors (Lipinski definition) is 2. The Kier molecular flexibility index (Phi) is 4.05. The number of hydrogen-bond acceptors (Lipinski definition) is 2. The number of carbonyl (C=O) groups is 1. The second-order valence-electron chi connectivity index (χ2n) is 3.13. The van der Waals surface area contributed by atoms with Crippen molar-refractivity contribution in [3.05, 3.63) is 29.0 Å². The van der Waals surface area contributed by atoms with Crippen molar-refractivity contribution in [1.82, 2.24) is 5.32 Å². The van der Waals surface area contributed by atoms with Gasteiger partial charge < -0.3 is 10.6 Å². The van der Waals surface area contributed by atoms with Crippen LogP contribution in [0.3, 0.4) is 0 Å². The van der Waals surface area contributed by atoms with Crippen LogP contribution < -0.4 is 10.6 Å². The highest BCUT2D eigenvalue weighted by Gasteiger charge is 2.10. The van der Waals surface area contributed by atoms with Crippen molar-refractivity contribution in [2.45, 2.75) is 13.0 Å². The van der Waals surface area contributed by atoms with Crippen molar-refractivity contribution in [1.29, 1.82) is 0 Å². The van der Waals surface area contributed by atoms with E-state index in [1.54, 1.807) is 20.0 Å². The molecule has 0 aliphatic carbocycles. The molecule has 5 heteroatoms. The Balaban J connectivity index is 2.73. The van der Waals surface area contributed by atoms with Crippen LogP contribution in [-0.2, 0) is 4.79 Å². The zero-order valence-electron chi connectivity index (χ0n) is 8.47. The Labute approximate surface area is 92.6 Å². The first kappa shape index (κ1) is 11.9. The summed E-state index contributed by atoms with van der Waals surface area (Å²) in [5.74, 6) is -0.772. The summed E-state index contributed by atoms with van der Waals surface area (Å²) in [5, 5.41) is 5.38. The van der Waals surface area contributed by atoms with Crippen molar-refractivity contribution in [2.75, 3.05) is 12.4 Å². The summed E-state index contributed by atoms with van der Waals surface area (Å²) in [4.78, 5) is 11.4. The zero-order valence-corrected chi connectivity index (χ0v) is 9.23. The summed E-state index contributed by atoms with van der Waals surface area (Å²) in [6, 6.07) is 3.80. The van der Waals surface area contributed by atoms with Gasteiger partial charge in [-0.3, -0.25) is 4.79 Å². The SMILES string of the molecule is CNC(C)C(=O)Nc1ccc(Cl)c(F)c1. The lowest BCUT2D eigenvalue weighted by atomic mass is 10.2. The third kappa shape index (κ3) is 3.18. The minimum Gasteiger partial charge on any atom is -0.325 e. The number of rotatable bonds is 3. The lowest BCUT2D eigenvalue weighted by Crippen LogP contribution is -2.35. The van der Waals surface area contributed by atoms with E-state index >= 15 is 0 Å². The van der Waals surface area contributed by atoms with Crippen LogP contribution in [-0.4, -0.2) is 19.0 Å². The Morgan fingerprint density at radius 1 is 1.53 bits per heavy atom. The topological polar surface area (TPSA) is 41.1 Å². The molecule has 0 fully saturated rings. The Hall–Kier alpha value is -1.13. The smallest absolute Gasteiger partial charge is 0.241 e.